The number of nitrogens with two attached hydrogens (primary N) is 1. The Morgan fingerprint density at radius 3 is 2.36 bits per heavy atom. The summed E-state index contributed by atoms with van der Waals surface area (Å²) in [5, 5.41) is 21.4. The van der Waals surface area contributed by atoms with Gasteiger partial charge in [-0.3, -0.25) is 0 Å². The number of rotatable bonds is 7. The highest BCUT2D eigenvalue weighted by atomic mass is 16.3. The van der Waals surface area contributed by atoms with Gasteiger partial charge in [0.15, 0.2) is 0 Å². The third-order valence-corrected chi connectivity index (χ3v) is 2.50. The normalized spacial score (nSPS) is 18.2. The standard InChI is InChI=1S/C10H24N2O2/c1-8(2)9(4-11)5-12-6-10(3,14)7-13/h8-9,12-14H,4-7,11H2,1-3H3. The lowest BCUT2D eigenvalue weighted by molar-refractivity contribution is 0.00197. The summed E-state index contributed by atoms with van der Waals surface area (Å²) in [6.07, 6.45) is 0. The quantitative estimate of drug-likeness (QED) is 0.453. The first kappa shape index (κ1) is 13.8. The average Bonchev–Trinajstić information content (AvgIpc) is 2.12. The van der Waals surface area contributed by atoms with Gasteiger partial charge in [-0.1, -0.05) is 13.8 Å². The highest BCUT2D eigenvalue weighted by Gasteiger charge is 2.19. The molecule has 4 nitrogen and oxygen atoms in total. The van der Waals surface area contributed by atoms with E-state index in [1.54, 1.807) is 6.92 Å². The van der Waals surface area contributed by atoms with E-state index < -0.39 is 5.60 Å². The fourth-order valence-electron chi connectivity index (χ4n) is 1.17. The summed E-state index contributed by atoms with van der Waals surface area (Å²) in [6.45, 7) is 7.46. The van der Waals surface area contributed by atoms with Gasteiger partial charge in [0, 0.05) is 6.54 Å². The van der Waals surface area contributed by atoms with Crippen molar-refractivity contribution in [1.82, 2.24) is 5.32 Å². The van der Waals surface area contributed by atoms with Crippen molar-refractivity contribution < 1.29 is 10.2 Å². The number of nitrogens with one attached hydrogen (secondary N) is 1. The molecule has 0 bridgehead atoms. The van der Waals surface area contributed by atoms with Crippen LogP contribution in [0.3, 0.4) is 0 Å². The molecule has 0 saturated heterocycles. The zero-order chi connectivity index (χ0) is 11.2. The minimum absolute atomic E-state index is 0.227. The van der Waals surface area contributed by atoms with Crippen molar-refractivity contribution in [3.05, 3.63) is 0 Å². The SMILES string of the molecule is CC(C)C(CN)CNCC(C)(O)CO. The zero-order valence-corrected chi connectivity index (χ0v) is 9.45. The first-order chi connectivity index (χ1) is 6.43. The second-order valence-corrected chi connectivity index (χ2v) is 4.53. The maximum Gasteiger partial charge on any atom is 0.0972 e. The largest absolute Gasteiger partial charge is 0.393 e. The maximum atomic E-state index is 9.50. The summed E-state index contributed by atoms with van der Waals surface area (Å²) in [7, 11) is 0. The monoisotopic (exact) mass is 204 g/mol. The highest BCUT2D eigenvalue weighted by Crippen LogP contribution is 2.08. The topological polar surface area (TPSA) is 78.5 Å². The van der Waals surface area contributed by atoms with Crippen LogP contribution in [0.4, 0.5) is 0 Å². The molecule has 0 spiro atoms. The van der Waals surface area contributed by atoms with E-state index in [0.717, 1.165) is 6.54 Å². The smallest absolute Gasteiger partial charge is 0.0972 e. The summed E-state index contributed by atoms with van der Waals surface area (Å²) in [5.41, 5.74) is 4.57. The lowest BCUT2D eigenvalue weighted by Crippen LogP contribution is -2.43. The molecule has 0 rings (SSSR count). The summed E-state index contributed by atoms with van der Waals surface area (Å²) < 4.78 is 0. The van der Waals surface area contributed by atoms with Crippen molar-refractivity contribution in [1.29, 1.82) is 0 Å². The summed E-state index contributed by atoms with van der Waals surface area (Å²) in [5.74, 6) is 0.955. The van der Waals surface area contributed by atoms with Crippen LogP contribution in [0.15, 0.2) is 0 Å². The molecule has 0 heterocycles. The Hall–Kier alpha value is -0.160. The zero-order valence-electron chi connectivity index (χ0n) is 9.45. The van der Waals surface area contributed by atoms with Gasteiger partial charge in [0.1, 0.15) is 0 Å². The third kappa shape index (κ3) is 5.54. The Morgan fingerprint density at radius 2 is 2.00 bits per heavy atom. The van der Waals surface area contributed by atoms with Gasteiger partial charge in [0.2, 0.25) is 0 Å². The van der Waals surface area contributed by atoms with E-state index in [1.165, 1.54) is 0 Å². The first-order valence-corrected chi connectivity index (χ1v) is 5.17. The molecular weight excluding hydrogens is 180 g/mol. The van der Waals surface area contributed by atoms with E-state index in [4.69, 9.17) is 10.8 Å². The van der Waals surface area contributed by atoms with Crippen LogP contribution in [0.25, 0.3) is 0 Å². The van der Waals surface area contributed by atoms with E-state index in [1.807, 2.05) is 0 Å². The molecule has 0 fully saturated rings. The van der Waals surface area contributed by atoms with Crippen LogP contribution in [0.1, 0.15) is 20.8 Å². The summed E-state index contributed by atoms with van der Waals surface area (Å²) >= 11 is 0. The second kappa shape index (κ2) is 6.35. The first-order valence-electron chi connectivity index (χ1n) is 5.17. The molecule has 0 aliphatic rings. The molecule has 86 valence electrons. The van der Waals surface area contributed by atoms with Gasteiger partial charge in [-0.25, -0.2) is 0 Å². The molecule has 0 radical (unpaired) electrons. The Morgan fingerprint density at radius 1 is 1.43 bits per heavy atom. The predicted molar refractivity (Wildman–Crippen MR) is 58.0 cm³/mol. The predicted octanol–water partition coefficient (Wildman–Crippen LogP) is -0.450. The van der Waals surface area contributed by atoms with Crippen LogP contribution in [-0.2, 0) is 0 Å². The second-order valence-electron chi connectivity index (χ2n) is 4.53. The summed E-state index contributed by atoms with van der Waals surface area (Å²) in [6, 6.07) is 0. The van der Waals surface area contributed by atoms with Crippen LogP contribution < -0.4 is 11.1 Å². The Labute approximate surface area is 86.5 Å². The molecule has 14 heavy (non-hydrogen) atoms. The van der Waals surface area contributed by atoms with E-state index in [2.05, 4.69) is 19.2 Å². The fourth-order valence-corrected chi connectivity index (χ4v) is 1.17. The van der Waals surface area contributed by atoms with E-state index in [0.29, 0.717) is 24.9 Å². The van der Waals surface area contributed by atoms with Gasteiger partial charge < -0.3 is 21.3 Å². The van der Waals surface area contributed by atoms with Gasteiger partial charge in [-0.2, -0.15) is 0 Å². The number of hydrogen-bond donors (Lipinski definition) is 4. The molecule has 0 aromatic carbocycles. The van der Waals surface area contributed by atoms with Crippen LogP contribution in [0, 0.1) is 11.8 Å². The third-order valence-electron chi connectivity index (χ3n) is 2.50. The van der Waals surface area contributed by atoms with Gasteiger partial charge in [-0.05, 0) is 31.8 Å². The minimum atomic E-state index is -1.03. The molecule has 0 aliphatic heterocycles. The molecular formula is C10H24N2O2. The Kier molecular flexibility index (Phi) is 6.27. The van der Waals surface area contributed by atoms with Crippen molar-refractivity contribution in [2.75, 3.05) is 26.2 Å². The fraction of sp³-hybridized carbons (Fsp3) is 1.00. The van der Waals surface area contributed by atoms with Crippen LogP contribution in [0.2, 0.25) is 0 Å². The molecule has 2 atom stereocenters. The Balaban J connectivity index is 3.71. The van der Waals surface area contributed by atoms with Gasteiger partial charge in [-0.15, -0.1) is 0 Å². The molecule has 2 unspecified atom stereocenters. The van der Waals surface area contributed by atoms with Gasteiger partial charge in [0.25, 0.3) is 0 Å². The molecule has 4 heteroatoms. The van der Waals surface area contributed by atoms with Crippen molar-refractivity contribution in [3.63, 3.8) is 0 Å². The molecule has 0 amide bonds. The van der Waals surface area contributed by atoms with E-state index in [-0.39, 0.29) is 6.61 Å². The lowest BCUT2D eigenvalue weighted by Gasteiger charge is -2.24. The number of aliphatic hydroxyl groups is 2. The Bertz CT molecular complexity index is 149. The molecule has 0 aromatic rings. The number of hydrogen-bond acceptors (Lipinski definition) is 4. The van der Waals surface area contributed by atoms with Crippen LogP contribution >= 0.6 is 0 Å². The molecule has 0 aromatic heterocycles. The van der Waals surface area contributed by atoms with Gasteiger partial charge >= 0.3 is 0 Å². The molecule has 0 aliphatic carbocycles. The van der Waals surface area contributed by atoms with Crippen molar-refractivity contribution in [2.24, 2.45) is 17.6 Å². The van der Waals surface area contributed by atoms with Crippen molar-refractivity contribution in [3.8, 4) is 0 Å². The summed E-state index contributed by atoms with van der Waals surface area (Å²) in [4.78, 5) is 0. The molecule has 0 saturated carbocycles. The van der Waals surface area contributed by atoms with E-state index >= 15 is 0 Å². The lowest BCUT2D eigenvalue weighted by atomic mass is 9.96. The highest BCUT2D eigenvalue weighted by molar-refractivity contribution is 4.75. The average molecular weight is 204 g/mol. The number of aliphatic hydroxyl groups excluding tert-OH is 1. The van der Waals surface area contributed by atoms with Crippen LogP contribution in [0.5, 0.6) is 0 Å². The van der Waals surface area contributed by atoms with Crippen molar-refractivity contribution >= 4 is 0 Å². The van der Waals surface area contributed by atoms with Gasteiger partial charge in [0.05, 0.1) is 12.2 Å². The van der Waals surface area contributed by atoms with Crippen molar-refractivity contribution in [2.45, 2.75) is 26.4 Å². The maximum absolute atomic E-state index is 9.50. The minimum Gasteiger partial charge on any atom is -0.393 e. The van der Waals surface area contributed by atoms with Crippen LogP contribution in [-0.4, -0.2) is 42.1 Å². The molecule has 5 N–H and O–H groups in total. The van der Waals surface area contributed by atoms with E-state index in [9.17, 15) is 5.11 Å².